The molecule has 0 fully saturated rings. The molecule has 120 valence electrons. The third-order valence-electron chi connectivity index (χ3n) is 3.45. The van der Waals surface area contributed by atoms with Gasteiger partial charge in [0, 0.05) is 11.9 Å². The number of alkyl halides is 3. The zero-order chi connectivity index (χ0) is 16.6. The van der Waals surface area contributed by atoms with Gasteiger partial charge in [-0.05, 0) is 45.7 Å². The van der Waals surface area contributed by atoms with Crippen molar-refractivity contribution in [1.29, 1.82) is 0 Å². The van der Waals surface area contributed by atoms with E-state index in [4.69, 9.17) is 11.5 Å². The van der Waals surface area contributed by atoms with Gasteiger partial charge >= 0.3 is 6.18 Å². The highest BCUT2D eigenvalue weighted by molar-refractivity contribution is 8.32. The van der Waals surface area contributed by atoms with Crippen LogP contribution < -0.4 is 11.5 Å². The number of hydrogen-bond acceptors (Lipinski definition) is 3. The van der Waals surface area contributed by atoms with Gasteiger partial charge < -0.3 is 11.5 Å². The normalized spacial score (nSPS) is 18.9. The van der Waals surface area contributed by atoms with Crippen LogP contribution in [-0.2, 0) is 6.18 Å². The number of nitrogens with two attached hydrogens (primary N) is 2. The molecule has 0 aliphatic carbocycles. The lowest BCUT2D eigenvalue weighted by atomic mass is 9.99. The van der Waals surface area contributed by atoms with Crippen molar-refractivity contribution >= 4 is 21.8 Å². The van der Waals surface area contributed by atoms with E-state index in [1.165, 1.54) is 18.3 Å². The average Bonchev–Trinajstić information content (AvgIpc) is 2.92. The molecule has 1 unspecified atom stereocenters. The van der Waals surface area contributed by atoms with Crippen molar-refractivity contribution < 1.29 is 13.2 Å². The number of anilines is 1. The zero-order valence-electron chi connectivity index (χ0n) is 11.9. The van der Waals surface area contributed by atoms with Crippen LogP contribution in [0.25, 0.3) is 11.1 Å². The van der Waals surface area contributed by atoms with E-state index in [-0.39, 0.29) is 5.56 Å². The lowest BCUT2D eigenvalue weighted by molar-refractivity contribution is -0.137. The molecule has 0 amide bonds. The van der Waals surface area contributed by atoms with E-state index in [1.54, 1.807) is 29.7 Å². The fourth-order valence-corrected chi connectivity index (χ4v) is 3.89. The minimum absolute atomic E-state index is 0.0993. The van der Waals surface area contributed by atoms with Gasteiger partial charge in [0.2, 0.25) is 0 Å². The Morgan fingerprint density at radius 3 is 2.39 bits per heavy atom. The van der Waals surface area contributed by atoms with Crippen molar-refractivity contribution in [3.05, 3.63) is 59.6 Å². The Morgan fingerprint density at radius 2 is 1.78 bits per heavy atom. The molecule has 0 saturated heterocycles. The second kappa shape index (κ2) is 5.66. The molecule has 1 atom stereocenters. The fraction of sp³-hybridized carbons (Fsp3) is 0.0625. The summed E-state index contributed by atoms with van der Waals surface area (Å²) in [7, 11) is -1.13. The Labute approximate surface area is 133 Å². The molecule has 4 N–H and O–H groups in total. The Balaban J connectivity index is 2.14. The van der Waals surface area contributed by atoms with Crippen molar-refractivity contribution in [2.45, 2.75) is 11.1 Å². The van der Waals surface area contributed by atoms with Crippen LogP contribution in [0.5, 0.6) is 0 Å². The van der Waals surface area contributed by atoms with Gasteiger partial charge in [0.05, 0.1) is 5.56 Å². The highest BCUT2D eigenvalue weighted by Crippen LogP contribution is 2.45. The molecule has 2 aromatic carbocycles. The summed E-state index contributed by atoms with van der Waals surface area (Å²) in [5.41, 5.74) is 11.7. The van der Waals surface area contributed by atoms with Crippen LogP contribution >= 0.6 is 10.9 Å². The first-order valence-corrected chi connectivity index (χ1v) is 8.14. The number of halogens is 3. The van der Waals surface area contributed by atoms with E-state index < -0.39 is 22.6 Å². The first-order chi connectivity index (χ1) is 10.9. The number of rotatable bonds is 2. The molecule has 7 heteroatoms. The van der Waals surface area contributed by atoms with E-state index in [0.29, 0.717) is 21.3 Å². The predicted molar refractivity (Wildman–Crippen MR) is 89.3 cm³/mol. The standard InChI is InChI=1S/C16H14F3N3S/c17-16(18,19)14-9-12(23-7-6-22-15(23)21)4-5-13(14)10-2-1-3-11(20)8-10/h1-9,23H,20H2,(H2,21,22). The third kappa shape index (κ3) is 3.05. The molecule has 23 heavy (non-hydrogen) atoms. The number of hydrogen-bond donors (Lipinski definition) is 3. The van der Waals surface area contributed by atoms with Crippen molar-refractivity contribution in [2.75, 3.05) is 5.73 Å². The molecule has 3 nitrogen and oxygen atoms in total. The third-order valence-corrected chi connectivity index (χ3v) is 5.33. The van der Waals surface area contributed by atoms with E-state index in [9.17, 15) is 13.2 Å². The first kappa shape index (κ1) is 15.5. The number of nitrogen functional groups attached to an aromatic ring is 1. The smallest absolute Gasteiger partial charge is 0.399 e. The van der Waals surface area contributed by atoms with E-state index in [0.717, 1.165) is 6.07 Å². The molecule has 0 spiro atoms. The van der Waals surface area contributed by atoms with Gasteiger partial charge in [-0.1, -0.05) is 18.2 Å². The van der Waals surface area contributed by atoms with E-state index in [1.807, 2.05) is 0 Å². The van der Waals surface area contributed by atoms with Crippen LogP contribution in [0.2, 0.25) is 0 Å². The maximum Gasteiger partial charge on any atom is 0.417 e. The van der Waals surface area contributed by atoms with E-state index in [2.05, 4.69) is 4.99 Å². The summed E-state index contributed by atoms with van der Waals surface area (Å²) < 4.78 is 40.5. The number of aliphatic imine (C=N–C) groups is 1. The monoisotopic (exact) mass is 337 g/mol. The van der Waals surface area contributed by atoms with Gasteiger partial charge in [0.1, 0.15) is 5.17 Å². The number of benzene rings is 2. The Hall–Kier alpha value is -2.41. The molecule has 3 rings (SSSR count). The van der Waals surface area contributed by atoms with Crippen LogP contribution in [0, 0.1) is 0 Å². The van der Waals surface area contributed by atoms with Crippen LogP contribution in [0.15, 0.2) is 64.0 Å². The summed E-state index contributed by atoms with van der Waals surface area (Å²) in [5, 5.41) is 2.09. The molecule has 2 aromatic rings. The van der Waals surface area contributed by atoms with Crippen LogP contribution in [-0.4, -0.2) is 5.17 Å². The van der Waals surface area contributed by atoms with Gasteiger partial charge in [-0.15, -0.1) is 10.9 Å². The molecule has 1 aliphatic rings. The summed E-state index contributed by atoms with van der Waals surface area (Å²) in [6.45, 7) is 0. The summed E-state index contributed by atoms with van der Waals surface area (Å²) in [5.74, 6) is 0. The van der Waals surface area contributed by atoms with E-state index >= 15 is 0 Å². The molecular weight excluding hydrogens is 323 g/mol. The molecule has 0 radical (unpaired) electrons. The maximum absolute atomic E-state index is 13.5. The Morgan fingerprint density at radius 1 is 1.00 bits per heavy atom. The van der Waals surface area contributed by atoms with Gasteiger partial charge in [0.25, 0.3) is 0 Å². The molecule has 0 bridgehead atoms. The summed E-state index contributed by atoms with van der Waals surface area (Å²) in [6, 6.07) is 10.7. The number of thiol groups is 1. The van der Waals surface area contributed by atoms with Crippen LogP contribution in [0.4, 0.5) is 18.9 Å². The molecule has 0 aromatic heterocycles. The van der Waals surface area contributed by atoms with Crippen molar-refractivity contribution in [2.24, 2.45) is 10.7 Å². The predicted octanol–water partition coefficient (Wildman–Crippen LogP) is 4.11. The second-order valence-corrected chi connectivity index (χ2v) is 7.02. The quantitative estimate of drug-likeness (QED) is 0.570. The van der Waals surface area contributed by atoms with Crippen molar-refractivity contribution in [1.82, 2.24) is 0 Å². The molecule has 0 saturated carbocycles. The van der Waals surface area contributed by atoms with Crippen LogP contribution in [0.1, 0.15) is 5.56 Å². The summed E-state index contributed by atoms with van der Waals surface area (Å²) in [4.78, 5) is 4.45. The Bertz CT molecular complexity index is 812. The molecule has 1 heterocycles. The highest BCUT2D eigenvalue weighted by Gasteiger charge is 2.34. The maximum atomic E-state index is 13.5. The zero-order valence-corrected chi connectivity index (χ0v) is 12.8. The second-order valence-electron chi connectivity index (χ2n) is 5.01. The van der Waals surface area contributed by atoms with Gasteiger partial charge in [0.15, 0.2) is 0 Å². The molecule has 1 aliphatic heterocycles. The van der Waals surface area contributed by atoms with Crippen molar-refractivity contribution in [3.63, 3.8) is 0 Å². The van der Waals surface area contributed by atoms with Gasteiger partial charge in [-0.2, -0.15) is 13.2 Å². The first-order valence-electron chi connectivity index (χ1n) is 6.72. The number of nitrogens with zero attached hydrogens (tertiary/aromatic N) is 1. The minimum Gasteiger partial charge on any atom is -0.399 e. The topological polar surface area (TPSA) is 64.4 Å². The summed E-state index contributed by atoms with van der Waals surface area (Å²) in [6.07, 6.45) is -2.94. The SMILES string of the molecule is NC1=NC=C[SH]1c1ccc(-c2cccc(N)c2)c(C(F)(F)F)c1. The van der Waals surface area contributed by atoms with Gasteiger partial charge in [-0.25, -0.2) is 4.99 Å². The van der Waals surface area contributed by atoms with Gasteiger partial charge in [-0.3, -0.25) is 0 Å². The van der Waals surface area contributed by atoms with Crippen LogP contribution in [0.3, 0.4) is 0 Å². The lowest BCUT2D eigenvalue weighted by Gasteiger charge is -2.19. The lowest BCUT2D eigenvalue weighted by Crippen LogP contribution is -2.11. The van der Waals surface area contributed by atoms with Crippen molar-refractivity contribution in [3.8, 4) is 11.1 Å². The fourth-order valence-electron chi connectivity index (χ4n) is 2.41. The molecular formula is C16H14F3N3S. The Kier molecular flexibility index (Phi) is 3.81. The number of amidine groups is 1. The largest absolute Gasteiger partial charge is 0.417 e. The summed E-state index contributed by atoms with van der Waals surface area (Å²) >= 11 is 0. The highest BCUT2D eigenvalue weighted by atomic mass is 32.2. The average molecular weight is 337 g/mol. The minimum atomic E-state index is -4.47.